The van der Waals surface area contributed by atoms with Crippen LogP contribution in [0.3, 0.4) is 0 Å². The van der Waals surface area contributed by atoms with Gasteiger partial charge in [0.2, 0.25) is 0 Å². The number of rotatable bonds is 4. The van der Waals surface area contributed by atoms with E-state index in [-0.39, 0.29) is 22.0 Å². The molecule has 21 heavy (non-hydrogen) atoms. The normalized spacial score (nSPS) is 10.2. The minimum absolute atomic E-state index is 0.0742. The van der Waals surface area contributed by atoms with Crippen LogP contribution in [0, 0.1) is 13.7 Å². The van der Waals surface area contributed by atoms with E-state index in [4.69, 9.17) is 16.7 Å². The fraction of sp³-hybridized carbons (Fsp3) is 0. The number of nitro groups is 1. The fourth-order valence-electron chi connectivity index (χ4n) is 1.68. The number of hydrogen-bond donors (Lipinski definition) is 2. The second-order valence-corrected chi connectivity index (χ2v) is 5.70. The fourth-order valence-corrected chi connectivity index (χ4v) is 2.36. The quantitative estimate of drug-likeness (QED) is 0.439. The van der Waals surface area contributed by atoms with Crippen molar-refractivity contribution in [2.45, 2.75) is 0 Å². The lowest BCUT2D eigenvalue weighted by atomic mass is 10.2. The summed E-state index contributed by atoms with van der Waals surface area (Å²) in [5.74, 6) is -1.17. The zero-order valence-corrected chi connectivity index (χ0v) is 13.3. The number of carbonyl (C=O) groups is 1. The maximum absolute atomic E-state index is 11.0. The van der Waals surface area contributed by atoms with Gasteiger partial charge >= 0.3 is 5.97 Å². The largest absolute Gasteiger partial charge is 0.478 e. The van der Waals surface area contributed by atoms with Gasteiger partial charge in [0.1, 0.15) is 5.69 Å². The molecule has 0 amide bonds. The highest BCUT2D eigenvalue weighted by atomic mass is 127. The van der Waals surface area contributed by atoms with Crippen molar-refractivity contribution in [3.05, 3.63) is 60.7 Å². The van der Waals surface area contributed by atoms with Crippen molar-refractivity contribution in [3.63, 3.8) is 0 Å². The third-order valence-electron chi connectivity index (χ3n) is 2.63. The molecule has 6 nitrogen and oxygen atoms in total. The summed E-state index contributed by atoms with van der Waals surface area (Å²) < 4.78 is 0.729. The monoisotopic (exact) mass is 418 g/mol. The van der Waals surface area contributed by atoms with Crippen molar-refractivity contribution >= 4 is 57.2 Å². The highest BCUT2D eigenvalue weighted by Gasteiger charge is 2.15. The average Bonchev–Trinajstić information content (AvgIpc) is 2.42. The highest BCUT2D eigenvalue weighted by Crippen LogP contribution is 2.30. The minimum Gasteiger partial charge on any atom is -0.478 e. The summed E-state index contributed by atoms with van der Waals surface area (Å²) in [4.78, 5) is 21.6. The number of hydrogen-bond acceptors (Lipinski definition) is 4. The zero-order valence-electron chi connectivity index (χ0n) is 10.3. The van der Waals surface area contributed by atoms with Crippen LogP contribution in [0.25, 0.3) is 0 Å². The Morgan fingerprint density at radius 2 is 2.00 bits per heavy atom. The van der Waals surface area contributed by atoms with Crippen LogP contribution in [0.2, 0.25) is 5.02 Å². The Morgan fingerprint density at radius 1 is 1.29 bits per heavy atom. The Kier molecular flexibility index (Phi) is 4.63. The Bertz CT molecular complexity index is 736. The van der Waals surface area contributed by atoms with Crippen molar-refractivity contribution in [2.24, 2.45) is 0 Å². The van der Waals surface area contributed by atoms with Crippen molar-refractivity contribution < 1.29 is 14.8 Å². The SMILES string of the molecule is O=C(O)c1cc(Nc2ccc(I)cc2[N+](=O)[O-])ccc1Cl. The van der Waals surface area contributed by atoms with E-state index in [1.807, 2.05) is 22.6 Å². The van der Waals surface area contributed by atoms with Gasteiger partial charge in [-0.25, -0.2) is 4.79 Å². The van der Waals surface area contributed by atoms with Gasteiger partial charge in [0, 0.05) is 15.3 Å². The summed E-state index contributed by atoms with van der Waals surface area (Å²) in [5.41, 5.74) is 0.517. The Morgan fingerprint density at radius 3 is 2.62 bits per heavy atom. The van der Waals surface area contributed by atoms with Gasteiger partial charge in [-0.2, -0.15) is 0 Å². The molecule has 0 atom stereocenters. The summed E-state index contributed by atoms with van der Waals surface area (Å²) in [6, 6.07) is 9.00. The number of nitrogens with one attached hydrogen (secondary N) is 1. The zero-order chi connectivity index (χ0) is 15.6. The Balaban J connectivity index is 2.41. The van der Waals surface area contributed by atoms with Gasteiger partial charge in [-0.3, -0.25) is 10.1 Å². The molecular formula is C13H8ClIN2O4. The summed E-state index contributed by atoms with van der Waals surface area (Å²) in [6.07, 6.45) is 0. The molecule has 0 saturated carbocycles. The molecule has 0 aliphatic rings. The van der Waals surface area contributed by atoms with Crippen LogP contribution in [0.5, 0.6) is 0 Å². The van der Waals surface area contributed by atoms with Gasteiger partial charge in [0.15, 0.2) is 0 Å². The smallest absolute Gasteiger partial charge is 0.337 e. The van der Waals surface area contributed by atoms with Crippen LogP contribution < -0.4 is 5.32 Å². The van der Waals surface area contributed by atoms with Gasteiger partial charge in [-0.15, -0.1) is 0 Å². The predicted molar refractivity (Wildman–Crippen MR) is 87.5 cm³/mol. The van der Waals surface area contributed by atoms with Gasteiger partial charge in [0.05, 0.1) is 15.5 Å². The van der Waals surface area contributed by atoms with Gasteiger partial charge in [-0.1, -0.05) is 11.6 Å². The number of carboxylic acids is 1. The molecule has 8 heteroatoms. The Labute approximate surface area is 138 Å². The van der Waals surface area contributed by atoms with Crippen molar-refractivity contribution in [3.8, 4) is 0 Å². The summed E-state index contributed by atoms with van der Waals surface area (Å²) in [7, 11) is 0. The molecule has 0 fully saturated rings. The molecule has 0 unspecified atom stereocenters. The Hall–Kier alpha value is -1.87. The lowest BCUT2D eigenvalue weighted by Crippen LogP contribution is -2.01. The van der Waals surface area contributed by atoms with Crippen LogP contribution in [0.1, 0.15) is 10.4 Å². The molecule has 2 N–H and O–H groups in total. The van der Waals surface area contributed by atoms with Gasteiger partial charge in [0.25, 0.3) is 5.69 Å². The van der Waals surface area contributed by atoms with E-state index in [0.29, 0.717) is 5.69 Å². The van der Waals surface area contributed by atoms with Crippen LogP contribution in [0.4, 0.5) is 17.1 Å². The van der Waals surface area contributed by atoms with Gasteiger partial charge < -0.3 is 10.4 Å². The second kappa shape index (κ2) is 6.27. The molecule has 2 aromatic rings. The molecule has 0 saturated heterocycles. The predicted octanol–water partition coefficient (Wildman–Crippen LogP) is 4.29. The first-order chi connectivity index (χ1) is 9.88. The number of anilines is 2. The number of nitro benzene ring substituents is 1. The molecule has 0 aromatic heterocycles. The second-order valence-electron chi connectivity index (χ2n) is 4.04. The van der Waals surface area contributed by atoms with E-state index >= 15 is 0 Å². The number of carboxylic acid groups (broad SMARTS) is 1. The van der Waals surface area contributed by atoms with E-state index in [2.05, 4.69) is 5.32 Å². The maximum atomic E-state index is 11.0. The van der Waals surface area contributed by atoms with Crippen molar-refractivity contribution in [1.82, 2.24) is 0 Å². The molecule has 0 radical (unpaired) electrons. The summed E-state index contributed by atoms with van der Waals surface area (Å²) >= 11 is 7.76. The molecule has 0 heterocycles. The molecule has 0 bridgehead atoms. The average molecular weight is 419 g/mol. The first-order valence-electron chi connectivity index (χ1n) is 5.62. The molecule has 108 valence electrons. The molecule has 0 aliphatic heterocycles. The molecule has 0 spiro atoms. The molecular weight excluding hydrogens is 411 g/mol. The number of benzene rings is 2. The number of nitrogens with zero attached hydrogens (tertiary/aromatic N) is 1. The first kappa shape index (κ1) is 15.5. The van der Waals surface area contributed by atoms with Crippen LogP contribution in [-0.2, 0) is 0 Å². The maximum Gasteiger partial charge on any atom is 0.337 e. The number of aromatic carboxylic acids is 1. The van der Waals surface area contributed by atoms with E-state index in [0.717, 1.165) is 3.57 Å². The first-order valence-corrected chi connectivity index (χ1v) is 7.08. The summed E-state index contributed by atoms with van der Waals surface area (Å²) in [5, 5.41) is 23.0. The van der Waals surface area contributed by atoms with E-state index in [9.17, 15) is 14.9 Å². The van der Waals surface area contributed by atoms with Gasteiger partial charge in [-0.05, 0) is 52.9 Å². The standard InChI is InChI=1S/C13H8ClIN2O4/c14-10-3-2-8(6-9(10)13(18)19)16-11-4-1-7(15)5-12(11)17(20)21/h1-6,16H,(H,18,19). The third kappa shape index (κ3) is 3.61. The lowest BCUT2D eigenvalue weighted by Gasteiger charge is -2.09. The highest BCUT2D eigenvalue weighted by molar-refractivity contribution is 14.1. The summed E-state index contributed by atoms with van der Waals surface area (Å²) in [6.45, 7) is 0. The minimum atomic E-state index is -1.17. The molecule has 2 rings (SSSR count). The third-order valence-corrected chi connectivity index (χ3v) is 3.63. The van der Waals surface area contributed by atoms with E-state index in [1.54, 1.807) is 18.2 Å². The lowest BCUT2D eigenvalue weighted by molar-refractivity contribution is -0.384. The molecule has 0 aliphatic carbocycles. The van der Waals surface area contributed by atoms with E-state index < -0.39 is 10.9 Å². The van der Waals surface area contributed by atoms with Crippen LogP contribution in [-0.4, -0.2) is 16.0 Å². The molecule has 2 aromatic carbocycles. The van der Waals surface area contributed by atoms with Crippen LogP contribution >= 0.6 is 34.2 Å². The van der Waals surface area contributed by atoms with Crippen LogP contribution in [0.15, 0.2) is 36.4 Å². The van der Waals surface area contributed by atoms with Crippen molar-refractivity contribution in [1.29, 1.82) is 0 Å². The van der Waals surface area contributed by atoms with E-state index in [1.165, 1.54) is 18.2 Å². The topological polar surface area (TPSA) is 92.5 Å². The van der Waals surface area contributed by atoms with Crippen molar-refractivity contribution in [2.75, 3.05) is 5.32 Å². The number of halogens is 2.